The van der Waals surface area contributed by atoms with Gasteiger partial charge in [0.05, 0.1) is 0 Å². The summed E-state index contributed by atoms with van der Waals surface area (Å²) in [5.74, 6) is 1.41. The Morgan fingerprint density at radius 2 is 2.06 bits per heavy atom. The number of likely N-dealkylation sites (N-methyl/N-ethyl adjacent to an activating group) is 1. The smallest absolute Gasteiger partial charge is 0.123 e. The second-order valence-electron chi connectivity index (χ2n) is 5.00. The Morgan fingerprint density at radius 3 is 2.61 bits per heavy atom. The third-order valence-corrected chi connectivity index (χ3v) is 3.12. The summed E-state index contributed by atoms with van der Waals surface area (Å²) in [6, 6.07) is 6.53. The number of aliphatic hydroxyl groups is 1. The number of ether oxygens (including phenoxy) is 1. The summed E-state index contributed by atoms with van der Waals surface area (Å²) < 4.78 is 5.91. The summed E-state index contributed by atoms with van der Waals surface area (Å²) in [5, 5.41) is 12.1. The van der Waals surface area contributed by atoms with Crippen LogP contribution >= 0.6 is 0 Å². The van der Waals surface area contributed by atoms with E-state index in [1.807, 2.05) is 7.05 Å². The van der Waals surface area contributed by atoms with Gasteiger partial charge < -0.3 is 15.2 Å². The summed E-state index contributed by atoms with van der Waals surface area (Å²) in [7, 11) is 1.89. The first-order valence-electron chi connectivity index (χ1n) is 6.60. The molecule has 0 saturated heterocycles. The van der Waals surface area contributed by atoms with E-state index in [0.717, 1.165) is 5.75 Å². The molecule has 2 N–H and O–H groups in total. The first kappa shape index (κ1) is 15.0. The van der Waals surface area contributed by atoms with Gasteiger partial charge in [-0.05, 0) is 43.5 Å². The zero-order valence-corrected chi connectivity index (χ0v) is 11.9. The Kier molecular flexibility index (Phi) is 6.16. The van der Waals surface area contributed by atoms with E-state index in [1.165, 1.54) is 11.1 Å². The molecule has 1 aromatic rings. The van der Waals surface area contributed by atoms with Crippen LogP contribution < -0.4 is 10.1 Å². The van der Waals surface area contributed by atoms with Crippen LogP contribution in [0.2, 0.25) is 0 Å². The molecule has 0 aliphatic heterocycles. The van der Waals surface area contributed by atoms with Crippen molar-refractivity contribution in [3.05, 3.63) is 29.3 Å². The van der Waals surface area contributed by atoms with E-state index in [4.69, 9.17) is 9.84 Å². The van der Waals surface area contributed by atoms with Gasteiger partial charge in [0.25, 0.3) is 0 Å². The maximum atomic E-state index is 8.96. The fourth-order valence-corrected chi connectivity index (χ4v) is 1.90. The van der Waals surface area contributed by atoms with Crippen molar-refractivity contribution in [2.45, 2.75) is 39.2 Å². The lowest BCUT2D eigenvalue weighted by molar-refractivity contribution is 0.217. The summed E-state index contributed by atoms with van der Waals surface area (Å²) in [5.41, 5.74) is 2.44. The maximum absolute atomic E-state index is 8.96. The van der Waals surface area contributed by atoms with E-state index >= 15 is 0 Å². The highest BCUT2D eigenvalue weighted by atomic mass is 16.5. The number of rotatable bonds is 7. The zero-order chi connectivity index (χ0) is 13.5. The highest BCUT2D eigenvalue weighted by Gasteiger charge is 2.11. The summed E-state index contributed by atoms with van der Waals surface area (Å²) in [6.45, 7) is 7.17. The molecule has 0 aromatic heterocycles. The van der Waals surface area contributed by atoms with Crippen molar-refractivity contribution in [2.75, 3.05) is 20.3 Å². The highest BCUT2D eigenvalue weighted by molar-refractivity contribution is 5.39. The molecule has 0 saturated carbocycles. The molecule has 0 heterocycles. The van der Waals surface area contributed by atoms with Crippen LogP contribution in [0.25, 0.3) is 0 Å². The van der Waals surface area contributed by atoms with Crippen LogP contribution in [0.1, 0.15) is 37.3 Å². The van der Waals surface area contributed by atoms with Crippen LogP contribution in [-0.4, -0.2) is 31.4 Å². The molecule has 0 spiro atoms. The van der Waals surface area contributed by atoms with Gasteiger partial charge >= 0.3 is 0 Å². The van der Waals surface area contributed by atoms with Crippen molar-refractivity contribution in [2.24, 2.45) is 0 Å². The third-order valence-electron chi connectivity index (χ3n) is 3.12. The molecule has 1 unspecified atom stereocenters. The van der Waals surface area contributed by atoms with Crippen molar-refractivity contribution in [1.29, 1.82) is 0 Å². The number of aryl methyl sites for hydroxylation is 1. The van der Waals surface area contributed by atoms with Crippen LogP contribution in [-0.2, 0) is 0 Å². The lowest BCUT2D eigenvalue weighted by atomic mass is 10.0. The molecule has 1 rings (SSSR count). The van der Waals surface area contributed by atoms with Gasteiger partial charge in [0.1, 0.15) is 12.4 Å². The highest BCUT2D eigenvalue weighted by Crippen LogP contribution is 2.27. The Balaban J connectivity index is 2.73. The van der Waals surface area contributed by atoms with Crippen LogP contribution in [0.15, 0.2) is 18.2 Å². The topological polar surface area (TPSA) is 41.5 Å². The van der Waals surface area contributed by atoms with Gasteiger partial charge in [0.2, 0.25) is 0 Å². The number of hydrogen-bond donors (Lipinski definition) is 2. The van der Waals surface area contributed by atoms with Gasteiger partial charge in [-0.2, -0.15) is 0 Å². The van der Waals surface area contributed by atoms with Gasteiger partial charge in [-0.15, -0.1) is 0 Å². The standard InChI is InChI=1S/C15H25NO2/c1-11(2)14-6-5-12(3)9-15(14)18-10-13(16-4)7-8-17/h5-6,9,11,13,16-17H,7-8,10H2,1-4H3. The molecule has 0 bridgehead atoms. The van der Waals surface area contributed by atoms with E-state index in [9.17, 15) is 0 Å². The molecule has 1 atom stereocenters. The predicted molar refractivity (Wildman–Crippen MR) is 75.3 cm³/mol. The lowest BCUT2D eigenvalue weighted by Gasteiger charge is -2.19. The Morgan fingerprint density at radius 1 is 1.33 bits per heavy atom. The fourth-order valence-electron chi connectivity index (χ4n) is 1.90. The molecule has 102 valence electrons. The van der Waals surface area contributed by atoms with Crippen molar-refractivity contribution < 1.29 is 9.84 Å². The van der Waals surface area contributed by atoms with Gasteiger partial charge in [0, 0.05) is 12.6 Å². The fraction of sp³-hybridized carbons (Fsp3) is 0.600. The van der Waals surface area contributed by atoms with Crippen LogP contribution in [0, 0.1) is 6.92 Å². The minimum atomic E-state index is 0.180. The molecule has 0 aliphatic rings. The third kappa shape index (κ3) is 4.31. The van der Waals surface area contributed by atoms with Gasteiger partial charge in [-0.1, -0.05) is 26.0 Å². The molecule has 0 amide bonds. The van der Waals surface area contributed by atoms with Crippen molar-refractivity contribution in [3.8, 4) is 5.75 Å². The largest absolute Gasteiger partial charge is 0.492 e. The Bertz CT molecular complexity index is 364. The maximum Gasteiger partial charge on any atom is 0.123 e. The SMILES string of the molecule is CNC(CCO)COc1cc(C)ccc1C(C)C. The number of benzene rings is 1. The van der Waals surface area contributed by atoms with E-state index < -0.39 is 0 Å². The molecule has 0 aliphatic carbocycles. The van der Waals surface area contributed by atoms with E-state index in [0.29, 0.717) is 18.9 Å². The molecular formula is C15H25NO2. The van der Waals surface area contributed by atoms with Crippen molar-refractivity contribution in [3.63, 3.8) is 0 Å². The average molecular weight is 251 g/mol. The molecule has 1 aromatic carbocycles. The number of hydrogen-bond acceptors (Lipinski definition) is 3. The van der Waals surface area contributed by atoms with E-state index in [1.54, 1.807) is 0 Å². The lowest BCUT2D eigenvalue weighted by Crippen LogP contribution is -2.32. The minimum Gasteiger partial charge on any atom is -0.492 e. The summed E-state index contributed by atoms with van der Waals surface area (Å²) in [6.07, 6.45) is 0.708. The van der Waals surface area contributed by atoms with Crippen molar-refractivity contribution >= 4 is 0 Å². The molecule has 18 heavy (non-hydrogen) atoms. The van der Waals surface area contributed by atoms with Gasteiger partial charge in [-0.3, -0.25) is 0 Å². The van der Waals surface area contributed by atoms with Crippen LogP contribution in [0.5, 0.6) is 5.75 Å². The monoisotopic (exact) mass is 251 g/mol. The number of aliphatic hydroxyl groups excluding tert-OH is 1. The normalized spacial score (nSPS) is 12.8. The van der Waals surface area contributed by atoms with Gasteiger partial charge in [-0.25, -0.2) is 0 Å². The zero-order valence-electron chi connectivity index (χ0n) is 11.9. The second-order valence-corrected chi connectivity index (χ2v) is 5.00. The second kappa shape index (κ2) is 7.39. The average Bonchev–Trinajstić information content (AvgIpc) is 2.34. The summed E-state index contributed by atoms with van der Waals surface area (Å²) >= 11 is 0. The molecule has 3 heteroatoms. The van der Waals surface area contributed by atoms with E-state index in [-0.39, 0.29) is 12.6 Å². The molecular weight excluding hydrogens is 226 g/mol. The minimum absolute atomic E-state index is 0.180. The van der Waals surface area contributed by atoms with Crippen LogP contribution in [0.4, 0.5) is 0 Å². The van der Waals surface area contributed by atoms with Gasteiger partial charge in [0.15, 0.2) is 0 Å². The molecule has 0 fully saturated rings. The first-order chi connectivity index (χ1) is 8.58. The Hall–Kier alpha value is -1.06. The van der Waals surface area contributed by atoms with Crippen LogP contribution in [0.3, 0.4) is 0 Å². The number of nitrogens with one attached hydrogen (secondary N) is 1. The predicted octanol–water partition coefficient (Wildman–Crippen LogP) is 2.47. The first-order valence-corrected chi connectivity index (χ1v) is 6.60. The van der Waals surface area contributed by atoms with Crippen molar-refractivity contribution in [1.82, 2.24) is 5.32 Å². The molecule has 0 radical (unpaired) electrons. The Labute approximate surface area is 110 Å². The quantitative estimate of drug-likeness (QED) is 0.782. The molecule has 3 nitrogen and oxygen atoms in total. The van der Waals surface area contributed by atoms with E-state index in [2.05, 4.69) is 44.3 Å². The summed E-state index contributed by atoms with van der Waals surface area (Å²) in [4.78, 5) is 0.